The SMILES string of the molecule is O=C(O)c1ccn2c1CCCC2. The van der Waals surface area contributed by atoms with Gasteiger partial charge in [0.05, 0.1) is 5.56 Å². The smallest absolute Gasteiger partial charge is 0.337 e. The van der Waals surface area contributed by atoms with Gasteiger partial charge in [-0.2, -0.15) is 0 Å². The maximum Gasteiger partial charge on any atom is 0.337 e. The number of hydrogen-bond donors (Lipinski definition) is 1. The molecule has 1 aliphatic heterocycles. The lowest BCUT2D eigenvalue weighted by Crippen LogP contribution is -2.11. The van der Waals surface area contributed by atoms with E-state index >= 15 is 0 Å². The van der Waals surface area contributed by atoms with Gasteiger partial charge in [0.1, 0.15) is 0 Å². The van der Waals surface area contributed by atoms with E-state index in [4.69, 9.17) is 5.11 Å². The molecule has 1 aliphatic rings. The van der Waals surface area contributed by atoms with Crippen molar-refractivity contribution in [2.75, 3.05) is 0 Å². The lowest BCUT2D eigenvalue weighted by molar-refractivity contribution is 0.0695. The summed E-state index contributed by atoms with van der Waals surface area (Å²) in [6.07, 6.45) is 5.07. The molecule has 0 amide bonds. The Morgan fingerprint density at radius 1 is 1.50 bits per heavy atom. The van der Waals surface area contributed by atoms with Crippen molar-refractivity contribution in [3.63, 3.8) is 0 Å². The number of aromatic carboxylic acids is 1. The number of carboxylic acids is 1. The molecule has 0 aliphatic carbocycles. The molecule has 0 unspecified atom stereocenters. The molecule has 2 rings (SSSR count). The standard InChI is InChI=1S/C9H11NO2/c11-9(12)7-4-6-10-5-2-1-3-8(7)10/h4,6H,1-3,5H2,(H,11,12). The van der Waals surface area contributed by atoms with Gasteiger partial charge < -0.3 is 9.67 Å². The molecule has 0 radical (unpaired) electrons. The van der Waals surface area contributed by atoms with Crippen molar-refractivity contribution in [1.29, 1.82) is 0 Å². The van der Waals surface area contributed by atoms with Gasteiger partial charge in [0.25, 0.3) is 0 Å². The van der Waals surface area contributed by atoms with Crippen LogP contribution < -0.4 is 0 Å². The van der Waals surface area contributed by atoms with Crippen LogP contribution >= 0.6 is 0 Å². The molecule has 12 heavy (non-hydrogen) atoms. The summed E-state index contributed by atoms with van der Waals surface area (Å²) in [5, 5.41) is 8.82. The van der Waals surface area contributed by atoms with Crippen molar-refractivity contribution >= 4 is 5.97 Å². The van der Waals surface area contributed by atoms with Crippen LogP contribution in [0, 0.1) is 0 Å². The van der Waals surface area contributed by atoms with Crippen molar-refractivity contribution in [1.82, 2.24) is 4.57 Å². The quantitative estimate of drug-likeness (QED) is 0.685. The van der Waals surface area contributed by atoms with E-state index in [2.05, 4.69) is 0 Å². The third-order valence-corrected chi connectivity index (χ3v) is 2.37. The molecule has 0 aromatic carbocycles. The lowest BCUT2D eigenvalue weighted by Gasteiger charge is -2.15. The summed E-state index contributed by atoms with van der Waals surface area (Å²) in [6, 6.07) is 1.70. The van der Waals surface area contributed by atoms with Gasteiger partial charge >= 0.3 is 5.97 Å². The van der Waals surface area contributed by atoms with Crippen LogP contribution in [0.1, 0.15) is 28.9 Å². The Labute approximate surface area is 70.6 Å². The van der Waals surface area contributed by atoms with Crippen LogP contribution in [0.5, 0.6) is 0 Å². The first-order valence-corrected chi connectivity index (χ1v) is 4.20. The zero-order valence-corrected chi connectivity index (χ0v) is 6.79. The first kappa shape index (κ1) is 7.40. The number of rotatable bonds is 1. The van der Waals surface area contributed by atoms with Gasteiger partial charge in [0, 0.05) is 18.4 Å². The van der Waals surface area contributed by atoms with Crippen LogP contribution in [0.4, 0.5) is 0 Å². The van der Waals surface area contributed by atoms with Crippen LogP contribution in [-0.4, -0.2) is 15.6 Å². The molecule has 1 aromatic heterocycles. The zero-order chi connectivity index (χ0) is 8.55. The Hall–Kier alpha value is -1.25. The number of hydrogen-bond acceptors (Lipinski definition) is 1. The van der Waals surface area contributed by atoms with E-state index < -0.39 is 5.97 Å². The summed E-state index contributed by atoms with van der Waals surface area (Å²) < 4.78 is 2.05. The van der Waals surface area contributed by atoms with Gasteiger partial charge in [-0.15, -0.1) is 0 Å². The maximum absolute atomic E-state index is 10.7. The normalized spacial score (nSPS) is 15.7. The number of nitrogens with zero attached hydrogens (tertiary/aromatic N) is 1. The molecule has 64 valence electrons. The number of carbonyl (C=O) groups is 1. The van der Waals surface area contributed by atoms with Gasteiger partial charge in [0.2, 0.25) is 0 Å². The van der Waals surface area contributed by atoms with Gasteiger partial charge in [-0.1, -0.05) is 0 Å². The Morgan fingerprint density at radius 3 is 3.08 bits per heavy atom. The molecule has 0 atom stereocenters. The van der Waals surface area contributed by atoms with Crippen molar-refractivity contribution in [2.45, 2.75) is 25.8 Å². The van der Waals surface area contributed by atoms with Crippen molar-refractivity contribution in [2.24, 2.45) is 0 Å². The average molecular weight is 165 g/mol. The topological polar surface area (TPSA) is 42.2 Å². The lowest BCUT2D eigenvalue weighted by atomic mass is 10.1. The third kappa shape index (κ3) is 1.02. The van der Waals surface area contributed by atoms with Gasteiger partial charge in [0.15, 0.2) is 0 Å². The van der Waals surface area contributed by atoms with E-state index in [-0.39, 0.29) is 0 Å². The molecule has 0 spiro atoms. The highest BCUT2D eigenvalue weighted by Crippen LogP contribution is 2.19. The molecule has 0 saturated carbocycles. The summed E-state index contributed by atoms with van der Waals surface area (Å²) in [5.41, 5.74) is 1.48. The van der Waals surface area contributed by atoms with Crippen LogP contribution in [0.25, 0.3) is 0 Å². The molecular weight excluding hydrogens is 154 g/mol. The van der Waals surface area contributed by atoms with E-state index in [0.29, 0.717) is 5.56 Å². The van der Waals surface area contributed by atoms with Gasteiger partial charge in [-0.05, 0) is 25.3 Å². The minimum Gasteiger partial charge on any atom is -0.478 e. The molecule has 3 nitrogen and oxygen atoms in total. The molecular formula is C9H11NO2. The van der Waals surface area contributed by atoms with Gasteiger partial charge in [-0.3, -0.25) is 0 Å². The van der Waals surface area contributed by atoms with Gasteiger partial charge in [-0.25, -0.2) is 4.79 Å². The second-order valence-corrected chi connectivity index (χ2v) is 3.13. The summed E-state index contributed by atoms with van der Waals surface area (Å²) >= 11 is 0. The van der Waals surface area contributed by atoms with E-state index in [1.54, 1.807) is 6.07 Å². The van der Waals surface area contributed by atoms with Crippen molar-refractivity contribution in [3.8, 4) is 0 Å². The molecule has 3 heteroatoms. The average Bonchev–Trinajstić information content (AvgIpc) is 2.47. The van der Waals surface area contributed by atoms with Crippen molar-refractivity contribution < 1.29 is 9.90 Å². The second kappa shape index (κ2) is 2.66. The van der Waals surface area contributed by atoms with Crippen LogP contribution in [0.15, 0.2) is 12.3 Å². The number of fused-ring (bicyclic) bond motifs is 1. The first-order valence-electron chi connectivity index (χ1n) is 4.20. The van der Waals surface area contributed by atoms with E-state index in [9.17, 15) is 4.79 Å². The first-order chi connectivity index (χ1) is 5.79. The summed E-state index contributed by atoms with van der Waals surface area (Å²) in [4.78, 5) is 10.7. The molecule has 0 fully saturated rings. The zero-order valence-electron chi connectivity index (χ0n) is 6.79. The highest BCUT2D eigenvalue weighted by atomic mass is 16.4. The predicted octanol–water partition coefficient (Wildman–Crippen LogP) is 1.52. The Bertz CT molecular complexity index is 314. The molecule has 1 N–H and O–H groups in total. The largest absolute Gasteiger partial charge is 0.478 e. The Balaban J connectivity index is 2.44. The Morgan fingerprint density at radius 2 is 2.33 bits per heavy atom. The molecule has 0 bridgehead atoms. The fraction of sp³-hybridized carbons (Fsp3) is 0.444. The number of aromatic nitrogens is 1. The third-order valence-electron chi connectivity index (χ3n) is 2.37. The maximum atomic E-state index is 10.7. The van der Waals surface area contributed by atoms with E-state index in [0.717, 1.165) is 25.1 Å². The summed E-state index contributed by atoms with van der Waals surface area (Å²) in [5.74, 6) is -0.800. The van der Waals surface area contributed by atoms with Crippen LogP contribution in [0.2, 0.25) is 0 Å². The predicted molar refractivity (Wildman–Crippen MR) is 44.3 cm³/mol. The van der Waals surface area contributed by atoms with Crippen molar-refractivity contribution in [3.05, 3.63) is 23.5 Å². The highest BCUT2D eigenvalue weighted by molar-refractivity contribution is 5.89. The fourth-order valence-electron chi connectivity index (χ4n) is 1.76. The van der Waals surface area contributed by atoms with Crippen LogP contribution in [-0.2, 0) is 13.0 Å². The molecule has 2 heterocycles. The monoisotopic (exact) mass is 165 g/mol. The fourth-order valence-corrected chi connectivity index (χ4v) is 1.76. The number of aryl methyl sites for hydroxylation is 1. The molecule has 1 aromatic rings. The molecule has 0 saturated heterocycles. The minimum absolute atomic E-state index is 0.481. The van der Waals surface area contributed by atoms with E-state index in [1.807, 2.05) is 10.8 Å². The van der Waals surface area contributed by atoms with E-state index in [1.165, 1.54) is 6.42 Å². The second-order valence-electron chi connectivity index (χ2n) is 3.13. The minimum atomic E-state index is -0.800. The Kier molecular flexibility index (Phi) is 1.64. The van der Waals surface area contributed by atoms with Crippen LogP contribution in [0.3, 0.4) is 0 Å². The number of carboxylic acid groups (broad SMARTS) is 1. The summed E-state index contributed by atoms with van der Waals surface area (Å²) in [7, 11) is 0. The summed E-state index contributed by atoms with van der Waals surface area (Å²) in [6.45, 7) is 0.975. The highest BCUT2D eigenvalue weighted by Gasteiger charge is 2.16.